The van der Waals surface area contributed by atoms with Gasteiger partial charge >= 0.3 is 0 Å². The summed E-state index contributed by atoms with van der Waals surface area (Å²) < 4.78 is 0.963. The van der Waals surface area contributed by atoms with Crippen LogP contribution in [0.25, 0.3) is 0 Å². The van der Waals surface area contributed by atoms with Gasteiger partial charge in [-0.2, -0.15) is 0 Å². The molecule has 6 nitrogen and oxygen atoms in total. The van der Waals surface area contributed by atoms with Gasteiger partial charge in [0.05, 0.1) is 6.54 Å². The van der Waals surface area contributed by atoms with Crippen LogP contribution in [-0.2, 0) is 9.59 Å². The standard InChI is InChI=1S/C20H20BrN3O3/c1-13-10-15(7-8-17(13)21)23-18(25)12-22-20(27)14-4-2-5-16(11-14)24-9-3-6-19(24)26/h2,4-5,7-8,10-11H,3,6,9,12H2,1H3,(H,22,27)(H,23,25). The van der Waals surface area contributed by atoms with Crippen LogP contribution in [0, 0.1) is 6.92 Å². The predicted molar refractivity (Wildman–Crippen MR) is 108 cm³/mol. The molecule has 1 heterocycles. The molecule has 0 saturated carbocycles. The molecule has 1 aliphatic rings. The smallest absolute Gasteiger partial charge is 0.251 e. The highest BCUT2D eigenvalue weighted by atomic mass is 79.9. The van der Waals surface area contributed by atoms with Crippen molar-refractivity contribution < 1.29 is 14.4 Å². The van der Waals surface area contributed by atoms with Crippen LogP contribution in [0.5, 0.6) is 0 Å². The third-order valence-electron chi connectivity index (χ3n) is 4.34. The fraction of sp³-hybridized carbons (Fsp3) is 0.250. The second kappa shape index (κ2) is 8.35. The van der Waals surface area contributed by atoms with E-state index in [0.29, 0.717) is 29.9 Å². The zero-order valence-electron chi connectivity index (χ0n) is 14.9. The normalized spacial score (nSPS) is 13.6. The van der Waals surface area contributed by atoms with E-state index in [1.807, 2.05) is 25.1 Å². The molecular formula is C20H20BrN3O3. The third kappa shape index (κ3) is 4.74. The van der Waals surface area contributed by atoms with Crippen molar-refractivity contribution in [2.24, 2.45) is 0 Å². The van der Waals surface area contributed by atoms with E-state index in [0.717, 1.165) is 16.5 Å². The van der Waals surface area contributed by atoms with E-state index in [4.69, 9.17) is 0 Å². The number of hydrogen-bond donors (Lipinski definition) is 2. The number of anilines is 2. The monoisotopic (exact) mass is 429 g/mol. The molecule has 2 aromatic rings. The first-order valence-corrected chi connectivity index (χ1v) is 9.48. The SMILES string of the molecule is Cc1cc(NC(=O)CNC(=O)c2cccc(N3CCCC3=O)c2)ccc1Br. The number of amides is 3. The van der Waals surface area contributed by atoms with Gasteiger partial charge in [0, 0.05) is 34.4 Å². The Kier molecular flexibility index (Phi) is 5.91. The highest BCUT2D eigenvalue weighted by Crippen LogP contribution is 2.22. The summed E-state index contributed by atoms with van der Waals surface area (Å²) >= 11 is 3.41. The van der Waals surface area contributed by atoms with Crippen LogP contribution < -0.4 is 15.5 Å². The van der Waals surface area contributed by atoms with Crippen LogP contribution in [0.3, 0.4) is 0 Å². The lowest BCUT2D eigenvalue weighted by Gasteiger charge is -2.16. The first kappa shape index (κ1) is 19.1. The molecule has 27 heavy (non-hydrogen) atoms. The number of rotatable bonds is 5. The van der Waals surface area contributed by atoms with Crippen molar-refractivity contribution in [3.8, 4) is 0 Å². The third-order valence-corrected chi connectivity index (χ3v) is 5.23. The molecule has 2 N–H and O–H groups in total. The van der Waals surface area contributed by atoms with E-state index in [-0.39, 0.29) is 24.3 Å². The molecule has 0 unspecified atom stereocenters. The molecule has 3 rings (SSSR count). The molecule has 3 amide bonds. The van der Waals surface area contributed by atoms with E-state index < -0.39 is 0 Å². The number of aryl methyl sites for hydroxylation is 1. The Morgan fingerprint density at radius 1 is 1.19 bits per heavy atom. The summed E-state index contributed by atoms with van der Waals surface area (Å²) in [7, 11) is 0. The molecule has 0 spiro atoms. The fourth-order valence-electron chi connectivity index (χ4n) is 2.93. The van der Waals surface area contributed by atoms with Gasteiger partial charge in [-0.1, -0.05) is 22.0 Å². The molecule has 0 bridgehead atoms. The summed E-state index contributed by atoms with van der Waals surface area (Å²) in [6, 6.07) is 12.4. The zero-order chi connectivity index (χ0) is 19.4. The van der Waals surface area contributed by atoms with E-state index in [2.05, 4.69) is 26.6 Å². The molecule has 0 aromatic heterocycles. The fourth-order valence-corrected chi connectivity index (χ4v) is 3.17. The number of nitrogens with zero attached hydrogens (tertiary/aromatic N) is 1. The lowest BCUT2D eigenvalue weighted by atomic mass is 10.1. The number of carbonyl (C=O) groups excluding carboxylic acids is 3. The first-order valence-electron chi connectivity index (χ1n) is 8.68. The maximum atomic E-state index is 12.3. The minimum Gasteiger partial charge on any atom is -0.343 e. The van der Waals surface area contributed by atoms with Crippen molar-refractivity contribution >= 4 is 45.0 Å². The lowest BCUT2D eigenvalue weighted by molar-refractivity contribution is -0.117. The molecule has 0 atom stereocenters. The molecule has 140 valence electrons. The van der Waals surface area contributed by atoms with Gasteiger partial charge in [0.25, 0.3) is 5.91 Å². The minimum absolute atomic E-state index is 0.0664. The maximum absolute atomic E-state index is 12.3. The number of halogens is 1. The van der Waals surface area contributed by atoms with Crippen molar-refractivity contribution in [3.05, 3.63) is 58.1 Å². The summed E-state index contributed by atoms with van der Waals surface area (Å²) in [6.45, 7) is 2.46. The van der Waals surface area contributed by atoms with E-state index in [9.17, 15) is 14.4 Å². The average molecular weight is 430 g/mol. The molecular weight excluding hydrogens is 410 g/mol. The second-order valence-corrected chi connectivity index (χ2v) is 7.25. The van der Waals surface area contributed by atoms with Crippen LogP contribution in [0.15, 0.2) is 46.9 Å². The Morgan fingerprint density at radius 3 is 2.70 bits per heavy atom. The molecule has 2 aromatic carbocycles. The minimum atomic E-state index is -0.356. The van der Waals surface area contributed by atoms with Crippen LogP contribution in [0.2, 0.25) is 0 Å². The summed E-state index contributed by atoms with van der Waals surface area (Å²) in [5.41, 5.74) is 2.80. The van der Waals surface area contributed by atoms with Gasteiger partial charge in [0.2, 0.25) is 11.8 Å². The van der Waals surface area contributed by atoms with E-state index >= 15 is 0 Å². The van der Waals surface area contributed by atoms with Gasteiger partial charge in [-0.3, -0.25) is 14.4 Å². The lowest BCUT2D eigenvalue weighted by Crippen LogP contribution is -2.33. The van der Waals surface area contributed by atoms with Gasteiger partial charge in [-0.25, -0.2) is 0 Å². The van der Waals surface area contributed by atoms with Gasteiger partial charge in [-0.05, 0) is 55.3 Å². The Balaban J connectivity index is 1.58. The largest absolute Gasteiger partial charge is 0.343 e. The highest BCUT2D eigenvalue weighted by Gasteiger charge is 2.22. The number of nitrogens with one attached hydrogen (secondary N) is 2. The summed E-state index contributed by atoms with van der Waals surface area (Å²) in [6.07, 6.45) is 1.36. The topological polar surface area (TPSA) is 78.5 Å². The second-order valence-electron chi connectivity index (χ2n) is 6.39. The van der Waals surface area contributed by atoms with Crippen LogP contribution in [0.1, 0.15) is 28.8 Å². The Labute approximate surface area is 166 Å². The van der Waals surface area contributed by atoms with E-state index in [1.165, 1.54) is 0 Å². The van der Waals surface area contributed by atoms with Gasteiger partial charge in [-0.15, -0.1) is 0 Å². The predicted octanol–water partition coefficient (Wildman–Crippen LogP) is 3.25. The van der Waals surface area contributed by atoms with Crippen molar-refractivity contribution in [2.75, 3.05) is 23.3 Å². The number of carbonyl (C=O) groups is 3. The maximum Gasteiger partial charge on any atom is 0.251 e. The summed E-state index contributed by atoms with van der Waals surface area (Å²) in [4.78, 5) is 38.0. The van der Waals surface area contributed by atoms with Crippen LogP contribution >= 0.6 is 15.9 Å². The molecule has 0 aliphatic carbocycles. The Hall–Kier alpha value is -2.67. The quantitative estimate of drug-likeness (QED) is 0.765. The highest BCUT2D eigenvalue weighted by molar-refractivity contribution is 9.10. The van der Waals surface area contributed by atoms with Crippen molar-refractivity contribution in [1.29, 1.82) is 0 Å². The molecule has 1 fully saturated rings. The van der Waals surface area contributed by atoms with Crippen molar-refractivity contribution in [1.82, 2.24) is 5.32 Å². The van der Waals surface area contributed by atoms with Crippen LogP contribution in [-0.4, -0.2) is 30.8 Å². The first-order chi connectivity index (χ1) is 12.9. The van der Waals surface area contributed by atoms with Crippen molar-refractivity contribution in [3.63, 3.8) is 0 Å². The van der Waals surface area contributed by atoms with Gasteiger partial charge < -0.3 is 15.5 Å². The van der Waals surface area contributed by atoms with Crippen LogP contribution in [0.4, 0.5) is 11.4 Å². The summed E-state index contributed by atoms with van der Waals surface area (Å²) in [5, 5.41) is 5.36. The zero-order valence-corrected chi connectivity index (χ0v) is 16.5. The molecule has 0 radical (unpaired) electrons. The van der Waals surface area contributed by atoms with E-state index in [1.54, 1.807) is 29.2 Å². The average Bonchev–Trinajstić information content (AvgIpc) is 3.09. The molecule has 7 heteroatoms. The molecule has 1 aliphatic heterocycles. The number of hydrogen-bond acceptors (Lipinski definition) is 3. The van der Waals surface area contributed by atoms with Gasteiger partial charge in [0.15, 0.2) is 0 Å². The molecule has 1 saturated heterocycles. The van der Waals surface area contributed by atoms with Crippen molar-refractivity contribution in [2.45, 2.75) is 19.8 Å². The Bertz CT molecular complexity index is 898. The van der Waals surface area contributed by atoms with Gasteiger partial charge in [0.1, 0.15) is 0 Å². The number of benzene rings is 2. The Morgan fingerprint density at radius 2 is 2.00 bits per heavy atom. The summed E-state index contributed by atoms with van der Waals surface area (Å²) in [5.74, 6) is -0.599.